The minimum absolute atomic E-state index is 0.0920. The van der Waals surface area contributed by atoms with Crippen molar-refractivity contribution in [3.05, 3.63) is 29.3 Å². The number of carbonyl (C=O) groups excluding carboxylic acids is 1. The number of aryl methyl sites for hydroxylation is 1. The highest BCUT2D eigenvalue weighted by atomic mass is 35.7. The van der Waals surface area contributed by atoms with Crippen LogP contribution in [0.5, 0.6) is 0 Å². The third-order valence-corrected chi connectivity index (χ3v) is 3.36. The van der Waals surface area contributed by atoms with Crippen molar-refractivity contribution in [1.29, 1.82) is 0 Å². The maximum atomic E-state index is 11.0. The van der Waals surface area contributed by atoms with Crippen LogP contribution in [0.25, 0.3) is 0 Å². The maximum absolute atomic E-state index is 11.0. The van der Waals surface area contributed by atoms with Crippen molar-refractivity contribution in [2.24, 2.45) is 0 Å². The van der Waals surface area contributed by atoms with Crippen LogP contribution in [-0.4, -0.2) is 13.7 Å². The van der Waals surface area contributed by atoms with Crippen LogP contribution in [-0.2, 0) is 9.05 Å². The van der Waals surface area contributed by atoms with Gasteiger partial charge in [0.25, 0.3) is 14.3 Å². The molecule has 0 aliphatic rings. The van der Waals surface area contributed by atoms with Crippen LogP contribution in [0.4, 0.5) is 0 Å². The van der Waals surface area contributed by atoms with Gasteiger partial charge in [0.05, 0.1) is 4.90 Å². The van der Waals surface area contributed by atoms with Gasteiger partial charge in [0.15, 0.2) is 0 Å². The highest BCUT2D eigenvalue weighted by Crippen LogP contribution is 2.21. The van der Waals surface area contributed by atoms with Crippen LogP contribution in [0.3, 0.4) is 0 Å². The molecule has 1 rings (SSSR count). The van der Waals surface area contributed by atoms with Crippen LogP contribution in [0.2, 0.25) is 0 Å². The second kappa shape index (κ2) is 3.88. The summed E-state index contributed by atoms with van der Waals surface area (Å²) in [6, 6.07) is 4.08. The predicted molar refractivity (Wildman–Crippen MR) is 54.4 cm³/mol. The number of benzene rings is 1. The Morgan fingerprint density at radius 3 is 2.36 bits per heavy atom. The lowest BCUT2D eigenvalue weighted by Crippen LogP contribution is -1.98. The standard InChI is InChI=1S/C8H6Cl2O3S/c1-5-2-3-6(8(9)11)4-7(5)14(10,12)13/h2-4H,1H3. The molecule has 0 fully saturated rings. The topological polar surface area (TPSA) is 51.2 Å². The van der Waals surface area contributed by atoms with E-state index in [0.29, 0.717) is 5.56 Å². The lowest BCUT2D eigenvalue weighted by molar-refractivity contribution is 0.108. The summed E-state index contributed by atoms with van der Waals surface area (Å²) in [6.07, 6.45) is 0. The summed E-state index contributed by atoms with van der Waals surface area (Å²) in [6.45, 7) is 1.58. The highest BCUT2D eigenvalue weighted by Gasteiger charge is 2.15. The monoisotopic (exact) mass is 252 g/mol. The fourth-order valence-electron chi connectivity index (χ4n) is 0.985. The molecule has 0 bridgehead atoms. The summed E-state index contributed by atoms with van der Waals surface area (Å²) >= 11 is 5.20. The first kappa shape index (κ1) is 11.5. The minimum Gasteiger partial charge on any atom is -0.276 e. The van der Waals surface area contributed by atoms with Gasteiger partial charge in [-0.1, -0.05) is 6.07 Å². The van der Waals surface area contributed by atoms with E-state index >= 15 is 0 Å². The molecule has 0 unspecified atom stereocenters. The second-order valence-electron chi connectivity index (χ2n) is 2.69. The molecule has 14 heavy (non-hydrogen) atoms. The van der Waals surface area contributed by atoms with Crippen molar-refractivity contribution in [1.82, 2.24) is 0 Å². The molecular formula is C8H6Cl2O3S. The molecule has 0 saturated carbocycles. The smallest absolute Gasteiger partial charge is 0.261 e. The Kier molecular flexibility index (Phi) is 3.19. The number of halogens is 2. The molecule has 1 aromatic rings. The SMILES string of the molecule is Cc1ccc(C(=O)Cl)cc1S(=O)(=O)Cl. The van der Waals surface area contributed by atoms with E-state index in [2.05, 4.69) is 0 Å². The molecule has 0 N–H and O–H groups in total. The van der Waals surface area contributed by atoms with Gasteiger partial charge in [-0.05, 0) is 36.2 Å². The van der Waals surface area contributed by atoms with Gasteiger partial charge < -0.3 is 0 Å². The summed E-state index contributed by atoms with van der Waals surface area (Å²) < 4.78 is 22.1. The first-order valence-electron chi connectivity index (χ1n) is 3.57. The number of hydrogen-bond donors (Lipinski definition) is 0. The van der Waals surface area contributed by atoms with Crippen LogP contribution in [0, 0.1) is 6.92 Å². The minimum atomic E-state index is -3.83. The van der Waals surface area contributed by atoms with Gasteiger partial charge in [-0.3, -0.25) is 4.79 Å². The normalized spacial score (nSPS) is 11.4. The van der Waals surface area contributed by atoms with Gasteiger partial charge in [0, 0.05) is 16.2 Å². The summed E-state index contributed by atoms with van der Waals surface area (Å²) in [7, 11) is 1.33. The average Bonchev–Trinajstić information content (AvgIpc) is 2.02. The van der Waals surface area contributed by atoms with E-state index in [1.54, 1.807) is 6.92 Å². The number of hydrogen-bond acceptors (Lipinski definition) is 3. The Hall–Kier alpha value is -0.580. The van der Waals surface area contributed by atoms with Crippen LogP contribution in [0.1, 0.15) is 15.9 Å². The van der Waals surface area contributed by atoms with E-state index in [1.807, 2.05) is 0 Å². The third-order valence-electron chi connectivity index (χ3n) is 1.68. The lowest BCUT2D eigenvalue weighted by Gasteiger charge is -2.02. The number of rotatable bonds is 2. The van der Waals surface area contributed by atoms with E-state index in [4.69, 9.17) is 22.3 Å². The molecule has 1 aromatic carbocycles. The molecule has 3 nitrogen and oxygen atoms in total. The zero-order valence-electron chi connectivity index (χ0n) is 7.12. The second-order valence-corrected chi connectivity index (χ2v) is 5.57. The van der Waals surface area contributed by atoms with Crippen molar-refractivity contribution in [2.75, 3.05) is 0 Å². The lowest BCUT2D eigenvalue weighted by atomic mass is 10.2. The molecule has 76 valence electrons. The molecule has 0 saturated heterocycles. The molecular weight excluding hydrogens is 247 g/mol. The molecule has 0 aromatic heterocycles. The van der Waals surface area contributed by atoms with Crippen molar-refractivity contribution in [2.45, 2.75) is 11.8 Å². The molecule has 0 aliphatic carbocycles. The van der Waals surface area contributed by atoms with E-state index < -0.39 is 14.3 Å². The van der Waals surface area contributed by atoms with Gasteiger partial charge in [-0.2, -0.15) is 0 Å². The Labute approximate surface area is 91.1 Å². The van der Waals surface area contributed by atoms with Crippen molar-refractivity contribution in [3.63, 3.8) is 0 Å². The van der Waals surface area contributed by atoms with Crippen molar-refractivity contribution >= 4 is 36.6 Å². The molecule has 6 heteroatoms. The molecule has 0 amide bonds. The van der Waals surface area contributed by atoms with Gasteiger partial charge in [-0.25, -0.2) is 8.42 Å². The summed E-state index contributed by atoms with van der Waals surface area (Å²) in [5, 5.41) is -0.716. The Bertz CT molecular complexity index is 479. The van der Waals surface area contributed by atoms with E-state index in [9.17, 15) is 13.2 Å². The van der Waals surface area contributed by atoms with E-state index in [1.165, 1.54) is 12.1 Å². The zero-order valence-corrected chi connectivity index (χ0v) is 9.45. The quantitative estimate of drug-likeness (QED) is 0.760. The Morgan fingerprint density at radius 2 is 1.93 bits per heavy atom. The van der Waals surface area contributed by atoms with E-state index in [0.717, 1.165) is 6.07 Å². The predicted octanol–water partition coefficient (Wildman–Crippen LogP) is 2.30. The molecule has 0 radical (unpaired) electrons. The fraction of sp³-hybridized carbons (Fsp3) is 0.125. The molecule has 0 aliphatic heterocycles. The van der Waals surface area contributed by atoms with E-state index in [-0.39, 0.29) is 10.5 Å². The molecule has 0 atom stereocenters. The van der Waals surface area contributed by atoms with Crippen LogP contribution >= 0.6 is 22.3 Å². The zero-order chi connectivity index (χ0) is 10.9. The summed E-state index contributed by atoms with van der Waals surface area (Å²) in [5.41, 5.74) is 0.582. The first-order chi connectivity index (χ1) is 6.32. The van der Waals surface area contributed by atoms with Crippen LogP contribution < -0.4 is 0 Å². The Morgan fingerprint density at radius 1 is 1.36 bits per heavy atom. The molecule has 0 spiro atoms. The van der Waals surface area contributed by atoms with Gasteiger partial charge in [0.2, 0.25) is 0 Å². The fourth-order valence-corrected chi connectivity index (χ4v) is 2.32. The average molecular weight is 253 g/mol. The summed E-state index contributed by atoms with van der Waals surface area (Å²) in [5.74, 6) is 0. The first-order valence-corrected chi connectivity index (χ1v) is 6.26. The molecule has 0 heterocycles. The van der Waals surface area contributed by atoms with Crippen molar-refractivity contribution < 1.29 is 13.2 Å². The Balaban J connectivity index is 3.44. The maximum Gasteiger partial charge on any atom is 0.261 e. The highest BCUT2D eigenvalue weighted by molar-refractivity contribution is 8.13. The summed E-state index contributed by atoms with van der Waals surface area (Å²) in [4.78, 5) is 10.7. The van der Waals surface area contributed by atoms with Gasteiger partial charge >= 0.3 is 0 Å². The number of carbonyl (C=O) groups is 1. The van der Waals surface area contributed by atoms with Gasteiger partial charge in [-0.15, -0.1) is 0 Å². The van der Waals surface area contributed by atoms with Crippen molar-refractivity contribution in [3.8, 4) is 0 Å². The van der Waals surface area contributed by atoms with Gasteiger partial charge in [0.1, 0.15) is 0 Å². The largest absolute Gasteiger partial charge is 0.276 e. The van der Waals surface area contributed by atoms with Crippen LogP contribution in [0.15, 0.2) is 23.1 Å². The third kappa shape index (κ3) is 2.47.